The minimum absolute atomic E-state index is 0.0949. The molecule has 50 heavy (non-hydrogen) atoms. The molecule has 290 valence electrons. The van der Waals surface area contributed by atoms with Crippen molar-refractivity contribution in [3.63, 3.8) is 0 Å². The fourth-order valence-corrected chi connectivity index (χ4v) is 5.70. The number of hydrogen-bond acceptors (Lipinski definition) is 6. The number of aliphatic hydroxyl groups excluding tert-OH is 2. The van der Waals surface area contributed by atoms with Crippen molar-refractivity contribution in [3.05, 3.63) is 48.6 Å². The number of allylic oxidation sites excluding steroid dienone is 8. The molecule has 6 heteroatoms. The van der Waals surface area contributed by atoms with Crippen molar-refractivity contribution in [2.75, 3.05) is 13.2 Å². The van der Waals surface area contributed by atoms with Gasteiger partial charge in [-0.1, -0.05) is 172 Å². The van der Waals surface area contributed by atoms with E-state index in [1.54, 1.807) is 0 Å². The standard InChI is InChI=1S/C44H78O6/c1-3-5-6-7-8-9-10-11-12-13-14-15-19-22-25-28-31-34-37-43(47)49-40-42(39-45)50-44(48)38-35-32-29-26-23-20-17-16-18-21-24-27-30-33-36-41(46)4-2/h17-18,20-21,26-27,29-30,41-42,45-46H,3-16,19,22-25,28,31-40H2,1-2H3/b20-17-,21-18-,29-26-,30-27-/t41-,42+/m1/s1. The van der Waals surface area contributed by atoms with E-state index in [2.05, 4.69) is 55.5 Å². The van der Waals surface area contributed by atoms with Crippen LogP contribution in [0.5, 0.6) is 0 Å². The van der Waals surface area contributed by atoms with E-state index >= 15 is 0 Å². The highest BCUT2D eigenvalue weighted by atomic mass is 16.6. The fourth-order valence-electron chi connectivity index (χ4n) is 5.70. The molecule has 0 bridgehead atoms. The Kier molecular flexibility index (Phi) is 37.9. The number of rotatable bonds is 37. The lowest BCUT2D eigenvalue weighted by molar-refractivity contribution is -0.161. The van der Waals surface area contributed by atoms with Gasteiger partial charge in [0.1, 0.15) is 6.61 Å². The molecule has 0 aromatic heterocycles. The van der Waals surface area contributed by atoms with E-state index in [4.69, 9.17) is 9.47 Å². The molecule has 0 aromatic carbocycles. The second kappa shape index (κ2) is 39.6. The summed E-state index contributed by atoms with van der Waals surface area (Å²) in [6.45, 7) is 3.82. The molecular weight excluding hydrogens is 624 g/mol. The smallest absolute Gasteiger partial charge is 0.306 e. The van der Waals surface area contributed by atoms with Crippen molar-refractivity contribution in [3.8, 4) is 0 Å². The molecule has 0 saturated carbocycles. The molecule has 0 spiro atoms. The molecule has 0 radical (unpaired) electrons. The minimum Gasteiger partial charge on any atom is -0.462 e. The molecule has 2 N–H and O–H groups in total. The van der Waals surface area contributed by atoms with Crippen molar-refractivity contribution >= 4 is 11.9 Å². The van der Waals surface area contributed by atoms with E-state index in [0.29, 0.717) is 12.8 Å². The van der Waals surface area contributed by atoms with Gasteiger partial charge in [-0.2, -0.15) is 0 Å². The zero-order chi connectivity index (χ0) is 36.6. The molecule has 0 aliphatic carbocycles. The monoisotopic (exact) mass is 703 g/mol. The van der Waals surface area contributed by atoms with Crippen molar-refractivity contribution in [1.29, 1.82) is 0 Å². The van der Waals surface area contributed by atoms with E-state index in [-0.39, 0.29) is 37.7 Å². The zero-order valence-corrected chi connectivity index (χ0v) is 32.5. The van der Waals surface area contributed by atoms with Gasteiger partial charge in [0, 0.05) is 12.8 Å². The number of carbonyl (C=O) groups is 2. The molecule has 0 rings (SSSR count). The highest BCUT2D eigenvalue weighted by Gasteiger charge is 2.16. The Hall–Kier alpha value is -2.18. The fraction of sp³-hybridized carbons (Fsp3) is 0.773. The van der Waals surface area contributed by atoms with E-state index < -0.39 is 6.10 Å². The molecule has 0 aliphatic heterocycles. The van der Waals surface area contributed by atoms with Crippen LogP contribution >= 0.6 is 0 Å². The average Bonchev–Trinajstić information content (AvgIpc) is 3.12. The Morgan fingerprint density at radius 1 is 0.540 bits per heavy atom. The van der Waals surface area contributed by atoms with Gasteiger partial charge in [-0.25, -0.2) is 0 Å². The van der Waals surface area contributed by atoms with Crippen LogP contribution in [0.1, 0.15) is 194 Å². The van der Waals surface area contributed by atoms with Crippen molar-refractivity contribution in [2.24, 2.45) is 0 Å². The van der Waals surface area contributed by atoms with Crippen LogP contribution in [-0.2, 0) is 19.1 Å². The molecule has 0 aliphatic rings. The Bertz CT molecular complexity index is 861. The summed E-state index contributed by atoms with van der Waals surface area (Å²) in [5.41, 5.74) is 0. The van der Waals surface area contributed by atoms with Gasteiger partial charge in [0.2, 0.25) is 0 Å². The lowest BCUT2D eigenvalue weighted by atomic mass is 10.0. The largest absolute Gasteiger partial charge is 0.462 e. The Morgan fingerprint density at radius 3 is 1.42 bits per heavy atom. The maximum absolute atomic E-state index is 12.2. The number of carbonyl (C=O) groups excluding carboxylic acids is 2. The molecule has 0 amide bonds. The third kappa shape index (κ3) is 37.1. The molecule has 0 fully saturated rings. The predicted octanol–water partition coefficient (Wildman–Crippen LogP) is 12.0. The number of ether oxygens (including phenoxy) is 2. The van der Waals surface area contributed by atoms with Gasteiger partial charge in [0.25, 0.3) is 0 Å². The van der Waals surface area contributed by atoms with Crippen LogP contribution in [0.25, 0.3) is 0 Å². The van der Waals surface area contributed by atoms with E-state index in [0.717, 1.165) is 64.2 Å². The van der Waals surface area contributed by atoms with Gasteiger partial charge < -0.3 is 19.7 Å². The maximum atomic E-state index is 12.2. The van der Waals surface area contributed by atoms with Gasteiger partial charge in [-0.15, -0.1) is 0 Å². The van der Waals surface area contributed by atoms with Gasteiger partial charge in [0.05, 0.1) is 12.7 Å². The first-order valence-electron chi connectivity index (χ1n) is 20.8. The van der Waals surface area contributed by atoms with Crippen LogP contribution in [0.4, 0.5) is 0 Å². The molecular formula is C44H78O6. The number of aliphatic hydroxyl groups is 2. The summed E-state index contributed by atoms with van der Waals surface area (Å²) in [7, 11) is 0. The Labute approximate surface area is 308 Å². The predicted molar refractivity (Wildman–Crippen MR) is 211 cm³/mol. The second-order valence-electron chi connectivity index (χ2n) is 13.9. The summed E-state index contributed by atoms with van der Waals surface area (Å²) in [5, 5.41) is 19.1. The van der Waals surface area contributed by atoms with Gasteiger partial charge in [0.15, 0.2) is 6.10 Å². The maximum Gasteiger partial charge on any atom is 0.306 e. The summed E-state index contributed by atoms with van der Waals surface area (Å²) in [6.07, 6.45) is 46.9. The van der Waals surface area contributed by atoms with Gasteiger partial charge in [-0.3, -0.25) is 9.59 Å². The summed E-state index contributed by atoms with van der Waals surface area (Å²) < 4.78 is 10.6. The SMILES string of the molecule is CCCCCCCCCCCCCCCCCCCCC(=O)OC[C@H](CO)OC(=O)CCC/C=C\C/C=C\C/C=C\C/C=C\CC[C@H](O)CC. The van der Waals surface area contributed by atoms with Crippen LogP contribution < -0.4 is 0 Å². The normalized spacial score (nSPS) is 13.3. The third-order valence-corrected chi connectivity index (χ3v) is 9.04. The first-order valence-corrected chi connectivity index (χ1v) is 20.8. The summed E-state index contributed by atoms with van der Waals surface area (Å²) >= 11 is 0. The van der Waals surface area contributed by atoms with Crippen LogP contribution in [0.15, 0.2) is 48.6 Å². The summed E-state index contributed by atoms with van der Waals surface area (Å²) in [4.78, 5) is 24.3. The van der Waals surface area contributed by atoms with Gasteiger partial charge >= 0.3 is 11.9 Å². The average molecular weight is 703 g/mol. The summed E-state index contributed by atoms with van der Waals surface area (Å²) in [5.74, 6) is -0.671. The molecule has 0 saturated heterocycles. The van der Waals surface area contributed by atoms with Crippen LogP contribution in [0.3, 0.4) is 0 Å². The molecule has 0 aromatic rings. The first-order chi connectivity index (χ1) is 24.5. The van der Waals surface area contributed by atoms with Crippen molar-refractivity contribution < 1.29 is 29.3 Å². The summed E-state index contributed by atoms with van der Waals surface area (Å²) in [6, 6.07) is 0. The second-order valence-corrected chi connectivity index (χ2v) is 13.9. The van der Waals surface area contributed by atoms with Crippen LogP contribution in [-0.4, -0.2) is 47.6 Å². The van der Waals surface area contributed by atoms with E-state index in [9.17, 15) is 19.8 Å². The first kappa shape index (κ1) is 47.8. The molecule has 0 unspecified atom stereocenters. The number of esters is 2. The lowest BCUT2D eigenvalue weighted by Crippen LogP contribution is -2.28. The highest BCUT2D eigenvalue weighted by Crippen LogP contribution is 2.15. The molecule has 2 atom stereocenters. The van der Waals surface area contributed by atoms with Crippen molar-refractivity contribution in [1.82, 2.24) is 0 Å². The number of hydrogen-bond donors (Lipinski definition) is 2. The van der Waals surface area contributed by atoms with Crippen molar-refractivity contribution in [2.45, 2.75) is 206 Å². The molecule has 6 nitrogen and oxygen atoms in total. The van der Waals surface area contributed by atoms with Crippen LogP contribution in [0, 0.1) is 0 Å². The topological polar surface area (TPSA) is 93.1 Å². The Balaban J connectivity index is 3.63. The van der Waals surface area contributed by atoms with Gasteiger partial charge in [-0.05, 0) is 57.8 Å². The lowest BCUT2D eigenvalue weighted by Gasteiger charge is -2.15. The highest BCUT2D eigenvalue weighted by molar-refractivity contribution is 5.70. The van der Waals surface area contributed by atoms with E-state index in [1.807, 2.05) is 6.92 Å². The number of unbranched alkanes of at least 4 members (excludes halogenated alkanes) is 18. The molecule has 0 heterocycles. The quantitative estimate of drug-likeness (QED) is 0.0380. The zero-order valence-electron chi connectivity index (χ0n) is 32.5. The minimum atomic E-state index is -0.808. The van der Waals surface area contributed by atoms with Crippen LogP contribution in [0.2, 0.25) is 0 Å². The Morgan fingerprint density at radius 2 is 0.960 bits per heavy atom. The van der Waals surface area contributed by atoms with E-state index in [1.165, 1.54) is 96.3 Å². The third-order valence-electron chi connectivity index (χ3n) is 9.04.